The third kappa shape index (κ3) is 2.93. The summed E-state index contributed by atoms with van der Waals surface area (Å²) in [6.45, 7) is 7.65. The van der Waals surface area contributed by atoms with Crippen LogP contribution in [0.5, 0.6) is 0 Å². The molecule has 2 heteroatoms. The van der Waals surface area contributed by atoms with E-state index in [1.807, 2.05) is 11.3 Å². The summed E-state index contributed by atoms with van der Waals surface area (Å²) >= 11 is 1.94. The highest BCUT2D eigenvalue weighted by atomic mass is 32.1. The van der Waals surface area contributed by atoms with Crippen LogP contribution in [0.25, 0.3) is 0 Å². The zero-order valence-corrected chi connectivity index (χ0v) is 14.1. The highest BCUT2D eigenvalue weighted by molar-refractivity contribution is 7.10. The smallest absolute Gasteiger partial charge is 0.0389 e. The van der Waals surface area contributed by atoms with Crippen molar-refractivity contribution >= 4 is 11.3 Å². The molecule has 21 heavy (non-hydrogen) atoms. The van der Waals surface area contributed by atoms with Gasteiger partial charge in [-0.15, -0.1) is 11.3 Å². The molecule has 0 fully saturated rings. The highest BCUT2D eigenvalue weighted by Gasteiger charge is 2.29. The largest absolute Gasteiger partial charge is 0.310 e. The fourth-order valence-electron chi connectivity index (χ4n) is 3.54. The average molecular weight is 299 g/mol. The number of hydrogen-bond donors (Lipinski definition) is 1. The third-order valence-electron chi connectivity index (χ3n) is 4.81. The second kappa shape index (κ2) is 6.33. The minimum Gasteiger partial charge on any atom is -0.310 e. The molecule has 0 spiro atoms. The van der Waals surface area contributed by atoms with Gasteiger partial charge in [-0.25, -0.2) is 0 Å². The average Bonchev–Trinajstić information content (AvgIpc) is 2.96. The highest BCUT2D eigenvalue weighted by Crippen LogP contribution is 2.42. The number of fused-ring (bicyclic) bond motifs is 1. The topological polar surface area (TPSA) is 12.0 Å². The normalized spacial score (nSPS) is 19.3. The number of thiophene rings is 1. The molecule has 1 heterocycles. The van der Waals surface area contributed by atoms with Gasteiger partial charge in [0.2, 0.25) is 0 Å². The molecular formula is C19H25NS. The van der Waals surface area contributed by atoms with Gasteiger partial charge in [-0.05, 0) is 73.4 Å². The molecule has 1 aliphatic rings. The van der Waals surface area contributed by atoms with Crippen LogP contribution in [0.3, 0.4) is 0 Å². The van der Waals surface area contributed by atoms with Gasteiger partial charge in [0.15, 0.2) is 0 Å². The van der Waals surface area contributed by atoms with Crippen LogP contribution in [-0.4, -0.2) is 6.54 Å². The van der Waals surface area contributed by atoms with Crippen molar-refractivity contribution in [1.82, 2.24) is 5.32 Å². The summed E-state index contributed by atoms with van der Waals surface area (Å²) in [6, 6.07) is 9.77. The molecule has 0 amide bonds. The van der Waals surface area contributed by atoms with Gasteiger partial charge in [-0.2, -0.15) is 0 Å². The molecule has 0 saturated heterocycles. The van der Waals surface area contributed by atoms with Crippen molar-refractivity contribution in [2.45, 2.75) is 52.0 Å². The lowest BCUT2D eigenvalue weighted by Crippen LogP contribution is -2.28. The Morgan fingerprint density at radius 3 is 2.86 bits per heavy atom. The third-order valence-corrected chi connectivity index (χ3v) is 5.81. The lowest BCUT2D eigenvalue weighted by Gasteiger charge is -2.32. The molecule has 112 valence electrons. The lowest BCUT2D eigenvalue weighted by atomic mass is 9.79. The van der Waals surface area contributed by atoms with E-state index in [0.717, 1.165) is 6.54 Å². The van der Waals surface area contributed by atoms with Crippen molar-refractivity contribution in [3.63, 3.8) is 0 Å². The molecule has 2 unspecified atom stereocenters. The maximum atomic E-state index is 3.75. The lowest BCUT2D eigenvalue weighted by molar-refractivity contribution is 0.411. The summed E-state index contributed by atoms with van der Waals surface area (Å²) < 4.78 is 0. The first kappa shape index (κ1) is 14.8. The summed E-state index contributed by atoms with van der Waals surface area (Å²) in [5.74, 6) is 0.627. The van der Waals surface area contributed by atoms with Crippen molar-refractivity contribution in [2.75, 3.05) is 6.54 Å². The molecule has 2 aromatic rings. The molecule has 2 atom stereocenters. The van der Waals surface area contributed by atoms with Gasteiger partial charge in [0.25, 0.3) is 0 Å². The molecule has 1 N–H and O–H groups in total. The van der Waals surface area contributed by atoms with Crippen molar-refractivity contribution < 1.29 is 0 Å². The second-order valence-corrected chi connectivity index (χ2v) is 7.18. The Morgan fingerprint density at radius 2 is 2.10 bits per heavy atom. The maximum absolute atomic E-state index is 3.75. The molecule has 1 aromatic carbocycles. The Kier molecular flexibility index (Phi) is 4.46. The van der Waals surface area contributed by atoms with E-state index >= 15 is 0 Å². The van der Waals surface area contributed by atoms with Crippen LogP contribution in [0.2, 0.25) is 0 Å². The quantitative estimate of drug-likeness (QED) is 0.824. The van der Waals surface area contributed by atoms with Crippen molar-refractivity contribution in [1.29, 1.82) is 0 Å². The molecule has 1 aromatic heterocycles. The molecule has 1 aliphatic carbocycles. The van der Waals surface area contributed by atoms with Gasteiger partial charge < -0.3 is 5.32 Å². The summed E-state index contributed by atoms with van der Waals surface area (Å²) in [5, 5.41) is 6.02. The summed E-state index contributed by atoms with van der Waals surface area (Å²) in [6.07, 6.45) is 3.90. The Balaban J connectivity index is 1.97. The van der Waals surface area contributed by atoms with Gasteiger partial charge >= 0.3 is 0 Å². The van der Waals surface area contributed by atoms with Crippen LogP contribution < -0.4 is 5.32 Å². The van der Waals surface area contributed by atoms with E-state index in [-0.39, 0.29) is 0 Å². The predicted octanol–water partition coefficient (Wildman–Crippen LogP) is 5.14. The first-order valence-electron chi connectivity index (χ1n) is 8.07. The van der Waals surface area contributed by atoms with Gasteiger partial charge in [0, 0.05) is 16.8 Å². The summed E-state index contributed by atoms with van der Waals surface area (Å²) in [4.78, 5) is 1.61. The van der Waals surface area contributed by atoms with Crippen molar-refractivity contribution in [3.05, 3.63) is 56.8 Å². The first-order chi connectivity index (χ1) is 10.2. The van der Waals surface area contributed by atoms with Crippen molar-refractivity contribution in [3.8, 4) is 0 Å². The number of hydrogen-bond acceptors (Lipinski definition) is 2. The van der Waals surface area contributed by atoms with E-state index in [1.165, 1.54) is 36.0 Å². The SMILES string of the molecule is CCNC(c1ccc(C)c(C)c1)C1CCCc2sccc21. The fourth-order valence-corrected chi connectivity index (χ4v) is 4.54. The molecule has 0 radical (unpaired) electrons. The Labute approximate surface area is 132 Å². The summed E-state index contributed by atoms with van der Waals surface area (Å²) in [7, 11) is 0. The molecular weight excluding hydrogens is 274 g/mol. The number of likely N-dealkylation sites (N-methyl/N-ethyl adjacent to an activating group) is 1. The second-order valence-electron chi connectivity index (χ2n) is 6.18. The molecule has 0 bridgehead atoms. The number of benzene rings is 1. The number of aryl methyl sites for hydroxylation is 3. The van der Waals surface area contributed by atoms with Crippen LogP contribution in [0.15, 0.2) is 29.6 Å². The van der Waals surface area contributed by atoms with E-state index in [1.54, 1.807) is 10.4 Å². The van der Waals surface area contributed by atoms with Crippen LogP contribution >= 0.6 is 11.3 Å². The zero-order valence-electron chi connectivity index (χ0n) is 13.3. The number of nitrogens with one attached hydrogen (secondary N) is 1. The Bertz CT molecular complexity index is 614. The van der Waals surface area contributed by atoms with E-state index < -0.39 is 0 Å². The van der Waals surface area contributed by atoms with E-state index in [9.17, 15) is 0 Å². The molecule has 1 nitrogen and oxygen atoms in total. The predicted molar refractivity (Wildman–Crippen MR) is 92.3 cm³/mol. The van der Waals surface area contributed by atoms with Crippen LogP contribution in [0.1, 0.15) is 58.9 Å². The first-order valence-corrected chi connectivity index (χ1v) is 8.95. The van der Waals surface area contributed by atoms with Crippen LogP contribution in [0, 0.1) is 13.8 Å². The Hall–Kier alpha value is -1.12. The van der Waals surface area contributed by atoms with E-state index in [4.69, 9.17) is 0 Å². The molecule has 3 rings (SSSR count). The number of rotatable bonds is 4. The fraction of sp³-hybridized carbons (Fsp3) is 0.474. The van der Waals surface area contributed by atoms with E-state index in [2.05, 4.69) is 55.7 Å². The zero-order chi connectivity index (χ0) is 14.8. The minimum absolute atomic E-state index is 0.447. The van der Waals surface area contributed by atoms with Crippen LogP contribution in [-0.2, 0) is 6.42 Å². The van der Waals surface area contributed by atoms with Gasteiger partial charge in [0.1, 0.15) is 0 Å². The summed E-state index contributed by atoms with van der Waals surface area (Å²) in [5.41, 5.74) is 5.82. The minimum atomic E-state index is 0.447. The van der Waals surface area contributed by atoms with Gasteiger partial charge in [-0.1, -0.05) is 25.1 Å². The van der Waals surface area contributed by atoms with Gasteiger partial charge in [-0.3, -0.25) is 0 Å². The maximum Gasteiger partial charge on any atom is 0.0389 e. The Morgan fingerprint density at radius 1 is 1.24 bits per heavy atom. The monoisotopic (exact) mass is 299 g/mol. The molecule has 0 aliphatic heterocycles. The molecule has 0 saturated carbocycles. The standard InChI is InChI=1S/C19H25NS/c1-4-20-19(15-9-8-13(2)14(3)12-15)17-6-5-7-18-16(17)10-11-21-18/h8-12,17,19-20H,4-7H2,1-3H3. The van der Waals surface area contributed by atoms with E-state index in [0.29, 0.717) is 12.0 Å². The van der Waals surface area contributed by atoms with Crippen molar-refractivity contribution in [2.24, 2.45) is 0 Å². The van der Waals surface area contributed by atoms with Gasteiger partial charge in [0.05, 0.1) is 0 Å². The van der Waals surface area contributed by atoms with Crippen LogP contribution in [0.4, 0.5) is 0 Å².